The van der Waals surface area contributed by atoms with Crippen LogP contribution in [0, 0.1) is 0 Å². The lowest BCUT2D eigenvalue weighted by molar-refractivity contribution is 0.0927. The third-order valence-corrected chi connectivity index (χ3v) is 4.20. The van der Waals surface area contributed by atoms with Crippen LogP contribution in [-0.4, -0.2) is 43.4 Å². The Balaban J connectivity index is 1.75. The van der Waals surface area contributed by atoms with Crippen LogP contribution in [0.3, 0.4) is 0 Å². The summed E-state index contributed by atoms with van der Waals surface area (Å²) in [5.41, 5.74) is 2.75. The van der Waals surface area contributed by atoms with E-state index >= 15 is 0 Å². The van der Waals surface area contributed by atoms with Crippen molar-refractivity contribution in [1.82, 2.24) is 10.3 Å². The molecule has 0 spiro atoms. The summed E-state index contributed by atoms with van der Waals surface area (Å²) in [6.45, 7) is 7.85. The first-order valence-corrected chi connectivity index (χ1v) is 7.80. The number of pyridine rings is 1. The van der Waals surface area contributed by atoms with Gasteiger partial charge in [0.2, 0.25) is 0 Å². The molecule has 0 bridgehead atoms. The number of ether oxygens (including phenoxy) is 1. The van der Waals surface area contributed by atoms with Crippen molar-refractivity contribution in [2.24, 2.45) is 0 Å². The van der Waals surface area contributed by atoms with E-state index in [-0.39, 0.29) is 0 Å². The summed E-state index contributed by atoms with van der Waals surface area (Å²) in [4.78, 5) is 7.31. The van der Waals surface area contributed by atoms with E-state index in [0.717, 1.165) is 38.5 Å². The molecule has 1 unspecified atom stereocenters. The van der Waals surface area contributed by atoms with Crippen LogP contribution < -0.4 is 10.2 Å². The smallest absolute Gasteiger partial charge is 0.129 e. The highest BCUT2D eigenvalue weighted by molar-refractivity contribution is 5.44. The minimum absolute atomic E-state index is 0.387. The van der Waals surface area contributed by atoms with Crippen molar-refractivity contribution in [3.8, 4) is 0 Å². The molecule has 0 radical (unpaired) electrons. The van der Waals surface area contributed by atoms with Gasteiger partial charge in [0.05, 0.1) is 19.3 Å². The van der Waals surface area contributed by atoms with Crippen LogP contribution in [0.2, 0.25) is 0 Å². The quantitative estimate of drug-likeness (QED) is 0.909. The minimum Gasteiger partial charge on any atom is -0.377 e. The fraction of sp³-hybridized carbons (Fsp3) is 0.688. The number of hydrogen-bond donors (Lipinski definition) is 1. The molecule has 1 aromatic heterocycles. The molecule has 3 rings (SSSR count). The van der Waals surface area contributed by atoms with E-state index in [9.17, 15) is 0 Å². The highest BCUT2D eigenvalue weighted by atomic mass is 16.5. The Labute approximate surface area is 121 Å². The van der Waals surface area contributed by atoms with Crippen molar-refractivity contribution in [1.29, 1.82) is 0 Å². The topological polar surface area (TPSA) is 37.4 Å². The van der Waals surface area contributed by atoms with E-state index in [1.54, 1.807) is 0 Å². The highest BCUT2D eigenvalue weighted by Gasteiger charge is 2.25. The number of morpholine rings is 1. The molecule has 4 heteroatoms. The first-order chi connectivity index (χ1) is 9.74. The molecule has 2 aliphatic rings. The fourth-order valence-corrected chi connectivity index (χ4v) is 3.07. The van der Waals surface area contributed by atoms with Gasteiger partial charge in [0, 0.05) is 24.8 Å². The van der Waals surface area contributed by atoms with Gasteiger partial charge in [0.1, 0.15) is 5.82 Å². The number of nitrogens with zero attached hydrogens (tertiary/aromatic N) is 2. The zero-order valence-corrected chi connectivity index (χ0v) is 12.6. The molecule has 1 aromatic rings. The average molecular weight is 275 g/mol. The molecule has 1 saturated heterocycles. The maximum atomic E-state index is 5.65. The van der Waals surface area contributed by atoms with Crippen LogP contribution in [0.25, 0.3) is 0 Å². The second-order valence-corrected chi connectivity index (χ2v) is 6.11. The molecule has 0 aromatic carbocycles. The van der Waals surface area contributed by atoms with Gasteiger partial charge >= 0.3 is 0 Å². The third-order valence-electron chi connectivity index (χ3n) is 4.20. The first kappa shape index (κ1) is 13.8. The van der Waals surface area contributed by atoms with Gasteiger partial charge in [-0.3, -0.25) is 0 Å². The van der Waals surface area contributed by atoms with Gasteiger partial charge in [-0.25, -0.2) is 4.98 Å². The van der Waals surface area contributed by atoms with Crippen LogP contribution in [0.15, 0.2) is 12.1 Å². The zero-order chi connectivity index (χ0) is 13.9. The number of hydrogen-bond acceptors (Lipinski definition) is 4. The molecular weight excluding hydrogens is 250 g/mol. The van der Waals surface area contributed by atoms with Gasteiger partial charge in [-0.05, 0) is 30.9 Å². The number of nitrogens with one attached hydrogen (secondary N) is 1. The average Bonchev–Trinajstić information content (AvgIpc) is 2.92. The van der Waals surface area contributed by atoms with Gasteiger partial charge < -0.3 is 15.0 Å². The van der Waals surface area contributed by atoms with Gasteiger partial charge in [-0.1, -0.05) is 19.9 Å². The van der Waals surface area contributed by atoms with Gasteiger partial charge in [0.15, 0.2) is 0 Å². The lowest BCUT2D eigenvalue weighted by Crippen LogP contribution is -2.51. The summed E-state index contributed by atoms with van der Waals surface area (Å²) >= 11 is 0. The molecule has 1 N–H and O–H groups in total. The predicted molar refractivity (Wildman–Crippen MR) is 81.4 cm³/mol. The highest BCUT2D eigenvalue weighted by Crippen LogP contribution is 2.25. The Morgan fingerprint density at radius 3 is 3.15 bits per heavy atom. The van der Waals surface area contributed by atoms with E-state index in [2.05, 4.69) is 36.2 Å². The Hall–Kier alpha value is -1.13. The van der Waals surface area contributed by atoms with Crippen LogP contribution >= 0.6 is 0 Å². The number of rotatable bonds is 4. The first-order valence-electron chi connectivity index (χ1n) is 7.80. The van der Waals surface area contributed by atoms with Crippen molar-refractivity contribution >= 4 is 5.82 Å². The molecule has 0 amide bonds. The second-order valence-electron chi connectivity index (χ2n) is 6.11. The number of anilines is 1. The van der Waals surface area contributed by atoms with Crippen molar-refractivity contribution in [3.63, 3.8) is 0 Å². The summed E-state index contributed by atoms with van der Waals surface area (Å²) in [6.07, 6.45) is 3.60. The Morgan fingerprint density at radius 1 is 1.40 bits per heavy atom. The van der Waals surface area contributed by atoms with E-state index in [4.69, 9.17) is 9.72 Å². The maximum absolute atomic E-state index is 5.65. The molecule has 20 heavy (non-hydrogen) atoms. The molecule has 1 fully saturated rings. The van der Waals surface area contributed by atoms with Crippen LogP contribution in [0.4, 0.5) is 5.82 Å². The summed E-state index contributed by atoms with van der Waals surface area (Å²) in [6, 6.07) is 5.36. The number of fused-ring (bicyclic) bond motifs is 1. The van der Waals surface area contributed by atoms with Gasteiger partial charge in [-0.15, -0.1) is 0 Å². The van der Waals surface area contributed by atoms with Crippen LogP contribution in [0.1, 0.15) is 31.5 Å². The minimum atomic E-state index is 0.387. The lowest BCUT2D eigenvalue weighted by atomic mass is 10.2. The Morgan fingerprint density at radius 2 is 2.30 bits per heavy atom. The van der Waals surface area contributed by atoms with E-state index < -0.39 is 0 Å². The predicted octanol–water partition coefficient (Wildman–Crippen LogP) is 1.77. The molecule has 4 nitrogen and oxygen atoms in total. The fourth-order valence-electron chi connectivity index (χ4n) is 3.07. The monoisotopic (exact) mass is 275 g/mol. The number of aryl methyl sites for hydroxylation is 2. The van der Waals surface area contributed by atoms with Gasteiger partial charge in [-0.2, -0.15) is 0 Å². The number of aromatic nitrogens is 1. The molecular formula is C16H25N3O. The van der Waals surface area contributed by atoms with Crippen molar-refractivity contribution < 1.29 is 4.74 Å². The largest absolute Gasteiger partial charge is 0.377 e. The summed E-state index contributed by atoms with van der Waals surface area (Å²) in [5.74, 6) is 1.13. The molecule has 0 saturated carbocycles. The molecule has 2 heterocycles. The second kappa shape index (κ2) is 6.10. The lowest BCUT2D eigenvalue weighted by Gasteiger charge is -2.37. The van der Waals surface area contributed by atoms with E-state index in [0.29, 0.717) is 12.1 Å². The molecule has 110 valence electrons. The Kier molecular flexibility index (Phi) is 4.22. The van der Waals surface area contributed by atoms with Crippen molar-refractivity contribution in [3.05, 3.63) is 23.4 Å². The molecule has 1 aliphatic carbocycles. The van der Waals surface area contributed by atoms with Gasteiger partial charge in [0.25, 0.3) is 0 Å². The molecule has 1 aliphatic heterocycles. The third kappa shape index (κ3) is 2.96. The van der Waals surface area contributed by atoms with Crippen LogP contribution in [0.5, 0.6) is 0 Å². The van der Waals surface area contributed by atoms with Crippen LogP contribution in [-0.2, 0) is 17.6 Å². The summed E-state index contributed by atoms with van der Waals surface area (Å²) < 4.78 is 5.65. The standard InChI is InChI=1S/C16H25N3O/c1-12(2)17-10-14-11-20-9-8-19(14)16-7-6-13-4-3-5-15(13)18-16/h6-7,12,14,17H,3-5,8-11H2,1-2H3. The molecule has 1 atom stereocenters. The normalized spacial score (nSPS) is 22.4. The van der Waals surface area contributed by atoms with Crippen molar-refractivity contribution in [2.45, 2.75) is 45.2 Å². The Bertz CT molecular complexity index is 461. The summed E-state index contributed by atoms with van der Waals surface area (Å²) in [5, 5.41) is 3.52. The zero-order valence-electron chi connectivity index (χ0n) is 12.6. The summed E-state index contributed by atoms with van der Waals surface area (Å²) in [7, 11) is 0. The van der Waals surface area contributed by atoms with E-state index in [1.807, 2.05) is 0 Å². The maximum Gasteiger partial charge on any atom is 0.129 e. The van der Waals surface area contributed by atoms with E-state index in [1.165, 1.54) is 24.1 Å². The van der Waals surface area contributed by atoms with Crippen molar-refractivity contribution in [2.75, 3.05) is 31.2 Å². The SMILES string of the molecule is CC(C)NCC1COCCN1c1ccc2c(n1)CCC2.